The number of nitrogens with one attached hydrogen (secondary N) is 1. The van der Waals surface area contributed by atoms with Gasteiger partial charge in [-0.2, -0.15) is 4.98 Å². The standard InChI is InChI=1S/C11H9BrClN5O2/c1-5-9(18(19)20)10(17-11(14)15-5)16-8-4-6(12)2-3-7(8)13/h2-4H,1H3,(H3,14,15,16,17). The number of hydrogen-bond acceptors (Lipinski definition) is 6. The molecule has 0 amide bonds. The SMILES string of the molecule is Cc1nc(N)nc(Nc2cc(Br)ccc2Cl)c1[N+](=O)[O-]. The molecular weight excluding hydrogens is 350 g/mol. The molecule has 7 nitrogen and oxygen atoms in total. The first-order chi connectivity index (χ1) is 9.38. The molecule has 1 heterocycles. The van der Waals surface area contributed by atoms with Crippen LogP contribution in [-0.4, -0.2) is 14.9 Å². The summed E-state index contributed by atoms with van der Waals surface area (Å²) in [5.41, 5.74) is 5.93. The second-order valence-electron chi connectivity index (χ2n) is 3.87. The highest BCUT2D eigenvalue weighted by molar-refractivity contribution is 9.10. The topological polar surface area (TPSA) is 107 Å². The van der Waals surface area contributed by atoms with Crippen molar-refractivity contribution in [3.05, 3.63) is 43.5 Å². The maximum atomic E-state index is 11.1. The largest absolute Gasteiger partial charge is 0.368 e. The molecule has 9 heteroatoms. The molecule has 1 aromatic heterocycles. The van der Waals surface area contributed by atoms with Crippen LogP contribution >= 0.6 is 27.5 Å². The predicted octanol–water partition coefficient (Wildman–Crippen LogP) is 3.43. The third-order valence-electron chi connectivity index (χ3n) is 2.44. The fraction of sp³-hybridized carbons (Fsp3) is 0.0909. The van der Waals surface area contributed by atoms with Gasteiger partial charge in [-0.15, -0.1) is 0 Å². The zero-order valence-electron chi connectivity index (χ0n) is 10.2. The van der Waals surface area contributed by atoms with E-state index in [4.69, 9.17) is 17.3 Å². The zero-order valence-corrected chi connectivity index (χ0v) is 12.6. The monoisotopic (exact) mass is 357 g/mol. The van der Waals surface area contributed by atoms with Crippen LogP contribution in [0.25, 0.3) is 0 Å². The van der Waals surface area contributed by atoms with Crippen LogP contribution in [0.2, 0.25) is 5.02 Å². The molecule has 3 N–H and O–H groups in total. The molecule has 0 atom stereocenters. The predicted molar refractivity (Wildman–Crippen MR) is 80.3 cm³/mol. The molecule has 0 radical (unpaired) electrons. The molecule has 2 aromatic rings. The molecule has 0 fully saturated rings. The van der Waals surface area contributed by atoms with Crippen LogP contribution in [-0.2, 0) is 0 Å². The van der Waals surface area contributed by atoms with Gasteiger partial charge in [0.15, 0.2) is 0 Å². The molecule has 0 aliphatic rings. The Hall–Kier alpha value is -1.93. The first-order valence-electron chi connectivity index (χ1n) is 5.39. The molecule has 0 unspecified atom stereocenters. The number of nitrogens with two attached hydrogens (primary N) is 1. The van der Waals surface area contributed by atoms with E-state index in [1.165, 1.54) is 6.92 Å². The van der Waals surface area contributed by atoms with Crippen LogP contribution in [0.15, 0.2) is 22.7 Å². The quantitative estimate of drug-likeness (QED) is 0.643. The summed E-state index contributed by atoms with van der Waals surface area (Å²) in [6.45, 7) is 1.49. The maximum Gasteiger partial charge on any atom is 0.332 e. The van der Waals surface area contributed by atoms with Crippen LogP contribution in [0.4, 0.5) is 23.1 Å². The number of anilines is 3. The Morgan fingerprint density at radius 2 is 2.15 bits per heavy atom. The minimum absolute atomic E-state index is 0.000000000000000444. The average Bonchev–Trinajstić information content (AvgIpc) is 2.32. The van der Waals surface area contributed by atoms with Gasteiger partial charge in [0.05, 0.1) is 15.6 Å². The average molecular weight is 359 g/mol. The van der Waals surface area contributed by atoms with Gasteiger partial charge in [0.2, 0.25) is 11.8 Å². The van der Waals surface area contributed by atoms with Crippen molar-refractivity contribution in [1.29, 1.82) is 0 Å². The molecule has 0 bridgehead atoms. The van der Waals surface area contributed by atoms with E-state index in [1.54, 1.807) is 18.2 Å². The summed E-state index contributed by atoms with van der Waals surface area (Å²) in [4.78, 5) is 18.2. The Morgan fingerprint density at radius 3 is 2.80 bits per heavy atom. The van der Waals surface area contributed by atoms with Gasteiger partial charge in [-0.1, -0.05) is 27.5 Å². The highest BCUT2D eigenvalue weighted by Gasteiger charge is 2.22. The van der Waals surface area contributed by atoms with Crippen molar-refractivity contribution in [2.75, 3.05) is 11.1 Å². The van der Waals surface area contributed by atoms with E-state index in [-0.39, 0.29) is 23.1 Å². The molecular formula is C11H9BrClN5O2. The van der Waals surface area contributed by atoms with E-state index in [9.17, 15) is 10.1 Å². The van der Waals surface area contributed by atoms with Gasteiger partial charge in [-0.05, 0) is 25.1 Å². The van der Waals surface area contributed by atoms with Crippen molar-refractivity contribution in [3.8, 4) is 0 Å². The van der Waals surface area contributed by atoms with E-state index in [2.05, 4.69) is 31.2 Å². The first kappa shape index (κ1) is 14.5. The normalized spacial score (nSPS) is 10.3. The highest BCUT2D eigenvalue weighted by atomic mass is 79.9. The minimum atomic E-state index is -0.566. The lowest BCUT2D eigenvalue weighted by molar-refractivity contribution is -0.385. The molecule has 0 aliphatic heterocycles. The van der Waals surface area contributed by atoms with E-state index in [0.29, 0.717) is 10.7 Å². The number of nitro groups is 1. The number of aryl methyl sites for hydroxylation is 1. The summed E-state index contributed by atoms with van der Waals surface area (Å²) in [6.07, 6.45) is 0. The molecule has 0 saturated heterocycles. The van der Waals surface area contributed by atoms with Crippen LogP contribution in [0.1, 0.15) is 5.69 Å². The Bertz CT molecular complexity index is 695. The van der Waals surface area contributed by atoms with Gasteiger partial charge >= 0.3 is 5.69 Å². The first-order valence-corrected chi connectivity index (χ1v) is 6.56. The van der Waals surface area contributed by atoms with Crippen LogP contribution < -0.4 is 11.1 Å². The van der Waals surface area contributed by atoms with Crippen molar-refractivity contribution in [1.82, 2.24) is 9.97 Å². The van der Waals surface area contributed by atoms with Crippen molar-refractivity contribution >= 4 is 50.7 Å². The second kappa shape index (κ2) is 5.59. The fourth-order valence-corrected chi connectivity index (χ4v) is 2.14. The summed E-state index contributed by atoms with van der Waals surface area (Å²) in [7, 11) is 0. The van der Waals surface area contributed by atoms with Gasteiger partial charge in [0, 0.05) is 4.47 Å². The smallest absolute Gasteiger partial charge is 0.332 e. The van der Waals surface area contributed by atoms with Gasteiger partial charge in [-0.3, -0.25) is 10.1 Å². The van der Waals surface area contributed by atoms with E-state index in [1.807, 2.05) is 0 Å². The molecule has 1 aromatic carbocycles. The number of nitrogens with zero attached hydrogens (tertiary/aromatic N) is 3. The van der Waals surface area contributed by atoms with Crippen molar-refractivity contribution in [2.24, 2.45) is 0 Å². The van der Waals surface area contributed by atoms with E-state index < -0.39 is 4.92 Å². The third kappa shape index (κ3) is 2.97. The molecule has 20 heavy (non-hydrogen) atoms. The Labute approximate surface area is 127 Å². The number of aromatic nitrogens is 2. The number of hydrogen-bond donors (Lipinski definition) is 2. The Balaban J connectivity index is 2.53. The van der Waals surface area contributed by atoms with Crippen molar-refractivity contribution in [2.45, 2.75) is 6.92 Å². The lowest BCUT2D eigenvalue weighted by Gasteiger charge is -2.10. The van der Waals surface area contributed by atoms with Crippen LogP contribution in [0.5, 0.6) is 0 Å². The summed E-state index contributed by atoms with van der Waals surface area (Å²) >= 11 is 9.33. The molecule has 0 aliphatic carbocycles. The van der Waals surface area contributed by atoms with Gasteiger partial charge in [0.1, 0.15) is 5.69 Å². The number of halogens is 2. The lowest BCUT2D eigenvalue weighted by atomic mass is 10.3. The minimum Gasteiger partial charge on any atom is -0.368 e. The third-order valence-corrected chi connectivity index (χ3v) is 3.26. The highest BCUT2D eigenvalue weighted by Crippen LogP contribution is 2.33. The number of rotatable bonds is 3. The van der Waals surface area contributed by atoms with Gasteiger partial charge < -0.3 is 11.1 Å². The second-order valence-corrected chi connectivity index (χ2v) is 5.19. The zero-order chi connectivity index (χ0) is 14.9. The number of nitrogen functional groups attached to an aromatic ring is 1. The van der Waals surface area contributed by atoms with Crippen LogP contribution in [0.3, 0.4) is 0 Å². The molecule has 0 spiro atoms. The maximum absolute atomic E-state index is 11.1. The fourth-order valence-electron chi connectivity index (χ4n) is 1.62. The summed E-state index contributed by atoms with van der Waals surface area (Å²) in [5, 5.41) is 14.3. The molecule has 0 saturated carbocycles. The summed E-state index contributed by atoms with van der Waals surface area (Å²) in [6, 6.07) is 5.08. The number of benzene rings is 1. The van der Waals surface area contributed by atoms with Gasteiger partial charge in [-0.25, -0.2) is 4.98 Å². The van der Waals surface area contributed by atoms with E-state index in [0.717, 1.165) is 4.47 Å². The Kier molecular flexibility index (Phi) is 4.05. The van der Waals surface area contributed by atoms with Crippen molar-refractivity contribution < 1.29 is 4.92 Å². The van der Waals surface area contributed by atoms with Crippen molar-refractivity contribution in [3.63, 3.8) is 0 Å². The lowest BCUT2D eigenvalue weighted by Crippen LogP contribution is -2.07. The Morgan fingerprint density at radius 1 is 1.45 bits per heavy atom. The summed E-state index contributed by atoms with van der Waals surface area (Å²) in [5.74, 6) is -0.0540. The molecule has 2 rings (SSSR count). The van der Waals surface area contributed by atoms with E-state index >= 15 is 0 Å². The summed E-state index contributed by atoms with van der Waals surface area (Å²) < 4.78 is 0.769. The van der Waals surface area contributed by atoms with Crippen LogP contribution in [0, 0.1) is 17.0 Å². The van der Waals surface area contributed by atoms with Gasteiger partial charge in [0.25, 0.3) is 0 Å². The molecule has 104 valence electrons.